The van der Waals surface area contributed by atoms with Crippen molar-refractivity contribution in [1.82, 2.24) is 0 Å². The van der Waals surface area contributed by atoms with Gasteiger partial charge in [-0.25, -0.2) is 0 Å². The molecule has 1 rings (SSSR count). The van der Waals surface area contributed by atoms with Crippen LogP contribution in [0.5, 0.6) is 0 Å². The summed E-state index contributed by atoms with van der Waals surface area (Å²) in [4.78, 5) is -0.422. The molecule has 0 saturated carbocycles. The van der Waals surface area contributed by atoms with E-state index in [1.165, 1.54) is 5.92 Å². The Morgan fingerprint density at radius 2 is 1.81 bits per heavy atom. The fourth-order valence-electron chi connectivity index (χ4n) is 1.17. The Morgan fingerprint density at radius 1 is 1.19 bits per heavy atom. The molecule has 86 valence electrons. The molecule has 1 atom stereocenters. The van der Waals surface area contributed by atoms with E-state index in [0.717, 1.165) is 5.56 Å². The smallest absolute Gasteiger partial charge is 0.159 e. The molecule has 1 aromatic carbocycles. The molecule has 0 aliphatic heterocycles. The molecule has 0 spiro atoms. The van der Waals surface area contributed by atoms with Crippen LogP contribution in [0, 0.1) is 11.8 Å². The third-order valence-corrected chi connectivity index (χ3v) is 2.59. The fraction of sp³-hybridized carbons (Fsp3) is 0.333. The van der Waals surface area contributed by atoms with Gasteiger partial charge in [0.1, 0.15) is 0 Å². The van der Waals surface area contributed by atoms with E-state index in [1.807, 2.05) is 30.3 Å². The number of alkyl halides is 4. The lowest BCUT2D eigenvalue weighted by molar-refractivity contribution is -0.0697. The van der Waals surface area contributed by atoms with Crippen molar-refractivity contribution >= 4 is 15.9 Å². The molecule has 4 heteroatoms. The minimum Gasteiger partial charge on any atom is -0.159 e. The van der Waals surface area contributed by atoms with Gasteiger partial charge in [-0.05, 0) is 18.4 Å². The SMILES string of the molecule is FC(F)(F)C#CC(Br)CCc1ccccc1. The van der Waals surface area contributed by atoms with E-state index in [0.29, 0.717) is 12.8 Å². The highest BCUT2D eigenvalue weighted by Crippen LogP contribution is 2.14. The standard InChI is InChI=1S/C12H10BrF3/c13-11(8-9-12(14,15)16)7-6-10-4-2-1-3-5-10/h1-5,11H,6-7H2. The predicted octanol–water partition coefficient (Wildman–Crippen LogP) is 3.95. The van der Waals surface area contributed by atoms with Crippen molar-refractivity contribution in [3.8, 4) is 11.8 Å². The normalized spacial score (nSPS) is 12.8. The van der Waals surface area contributed by atoms with Gasteiger partial charge in [-0.3, -0.25) is 0 Å². The zero-order chi connectivity index (χ0) is 12.0. The van der Waals surface area contributed by atoms with Crippen LogP contribution in [0.25, 0.3) is 0 Å². The molecule has 0 nitrogen and oxygen atoms in total. The average Bonchev–Trinajstić information content (AvgIpc) is 2.24. The molecule has 0 amide bonds. The van der Waals surface area contributed by atoms with Crippen LogP contribution in [0.15, 0.2) is 30.3 Å². The first-order chi connectivity index (χ1) is 7.47. The molecule has 0 heterocycles. The molecule has 0 N–H and O–H groups in total. The van der Waals surface area contributed by atoms with E-state index in [1.54, 1.807) is 0 Å². The highest BCUT2D eigenvalue weighted by Gasteiger charge is 2.23. The maximum atomic E-state index is 11.8. The lowest BCUT2D eigenvalue weighted by atomic mass is 10.1. The van der Waals surface area contributed by atoms with Gasteiger partial charge in [-0.1, -0.05) is 52.2 Å². The number of halogens is 4. The molecular weight excluding hydrogens is 281 g/mol. The van der Waals surface area contributed by atoms with Crippen LogP contribution in [-0.4, -0.2) is 11.0 Å². The summed E-state index contributed by atoms with van der Waals surface area (Å²) in [7, 11) is 0. The van der Waals surface area contributed by atoms with Gasteiger partial charge in [0.25, 0.3) is 0 Å². The molecular formula is C12H10BrF3. The monoisotopic (exact) mass is 290 g/mol. The molecule has 0 fully saturated rings. The number of benzene rings is 1. The molecule has 0 bridgehead atoms. The summed E-state index contributed by atoms with van der Waals surface area (Å²) in [6.07, 6.45) is -3.13. The lowest BCUT2D eigenvalue weighted by Gasteiger charge is -2.02. The molecule has 0 radical (unpaired) electrons. The van der Waals surface area contributed by atoms with Crippen molar-refractivity contribution in [1.29, 1.82) is 0 Å². The van der Waals surface area contributed by atoms with Gasteiger partial charge in [0.2, 0.25) is 0 Å². The topological polar surface area (TPSA) is 0 Å². The Balaban J connectivity index is 2.41. The third-order valence-electron chi connectivity index (χ3n) is 1.90. The summed E-state index contributed by atoms with van der Waals surface area (Å²) >= 11 is 3.11. The van der Waals surface area contributed by atoms with Gasteiger partial charge in [0, 0.05) is 5.92 Å². The van der Waals surface area contributed by atoms with Gasteiger partial charge in [0.15, 0.2) is 0 Å². The van der Waals surface area contributed by atoms with E-state index in [2.05, 4.69) is 21.9 Å². The summed E-state index contributed by atoms with van der Waals surface area (Å²) in [6, 6.07) is 9.59. The van der Waals surface area contributed by atoms with Crippen molar-refractivity contribution in [2.75, 3.05) is 0 Å². The van der Waals surface area contributed by atoms with Crippen LogP contribution in [-0.2, 0) is 6.42 Å². The summed E-state index contributed by atoms with van der Waals surface area (Å²) in [6.45, 7) is 0. The Bertz CT molecular complexity index is 373. The average molecular weight is 291 g/mol. The second-order valence-corrected chi connectivity index (χ2v) is 4.36. The number of hydrogen-bond acceptors (Lipinski definition) is 0. The molecule has 0 aliphatic rings. The Hall–Kier alpha value is -0.950. The van der Waals surface area contributed by atoms with Crippen LogP contribution in [0.1, 0.15) is 12.0 Å². The van der Waals surface area contributed by atoms with Crippen molar-refractivity contribution in [3.05, 3.63) is 35.9 Å². The van der Waals surface area contributed by atoms with Crippen LogP contribution in [0.2, 0.25) is 0 Å². The van der Waals surface area contributed by atoms with Gasteiger partial charge < -0.3 is 0 Å². The molecule has 0 aromatic heterocycles. The van der Waals surface area contributed by atoms with Crippen LogP contribution in [0.3, 0.4) is 0 Å². The van der Waals surface area contributed by atoms with Crippen LogP contribution < -0.4 is 0 Å². The van der Waals surface area contributed by atoms with Crippen LogP contribution >= 0.6 is 15.9 Å². The predicted molar refractivity (Wildman–Crippen MR) is 61.3 cm³/mol. The van der Waals surface area contributed by atoms with E-state index in [9.17, 15) is 13.2 Å². The van der Waals surface area contributed by atoms with Crippen molar-refractivity contribution in [3.63, 3.8) is 0 Å². The van der Waals surface area contributed by atoms with Crippen molar-refractivity contribution in [2.45, 2.75) is 23.8 Å². The Labute approximate surface area is 101 Å². The fourth-order valence-corrected chi connectivity index (χ4v) is 1.51. The first kappa shape index (κ1) is 13.1. The highest BCUT2D eigenvalue weighted by molar-refractivity contribution is 9.09. The molecule has 0 saturated heterocycles. The number of aryl methyl sites for hydroxylation is 1. The highest BCUT2D eigenvalue weighted by atomic mass is 79.9. The quantitative estimate of drug-likeness (QED) is 0.584. The third kappa shape index (κ3) is 5.82. The van der Waals surface area contributed by atoms with Gasteiger partial charge in [0.05, 0.1) is 4.83 Å². The second kappa shape index (κ2) is 5.95. The molecule has 0 aliphatic carbocycles. The Kier molecular flexibility index (Phi) is 4.88. The molecule has 1 aromatic rings. The minimum atomic E-state index is -4.40. The lowest BCUT2D eigenvalue weighted by Crippen LogP contribution is -2.04. The van der Waals surface area contributed by atoms with Crippen molar-refractivity contribution < 1.29 is 13.2 Å². The van der Waals surface area contributed by atoms with Gasteiger partial charge in [-0.15, -0.1) is 0 Å². The van der Waals surface area contributed by atoms with Crippen molar-refractivity contribution in [2.24, 2.45) is 0 Å². The maximum Gasteiger partial charge on any atom is 0.457 e. The minimum absolute atomic E-state index is 0.422. The maximum absolute atomic E-state index is 11.8. The Morgan fingerprint density at radius 3 is 2.38 bits per heavy atom. The number of rotatable bonds is 3. The first-order valence-corrected chi connectivity index (χ1v) is 5.66. The van der Waals surface area contributed by atoms with E-state index in [4.69, 9.17) is 0 Å². The number of hydrogen-bond donors (Lipinski definition) is 0. The van der Waals surface area contributed by atoms with Gasteiger partial charge >= 0.3 is 6.18 Å². The second-order valence-electron chi connectivity index (χ2n) is 3.26. The molecule has 16 heavy (non-hydrogen) atoms. The summed E-state index contributed by atoms with van der Waals surface area (Å²) in [5, 5.41) is 0. The summed E-state index contributed by atoms with van der Waals surface area (Å²) < 4.78 is 35.4. The summed E-state index contributed by atoms with van der Waals surface area (Å²) in [5.74, 6) is 3.40. The van der Waals surface area contributed by atoms with E-state index < -0.39 is 11.0 Å². The van der Waals surface area contributed by atoms with Gasteiger partial charge in [-0.2, -0.15) is 13.2 Å². The zero-order valence-electron chi connectivity index (χ0n) is 8.39. The molecule has 1 unspecified atom stereocenters. The largest absolute Gasteiger partial charge is 0.457 e. The summed E-state index contributed by atoms with van der Waals surface area (Å²) in [5.41, 5.74) is 1.10. The van der Waals surface area contributed by atoms with Crippen LogP contribution in [0.4, 0.5) is 13.2 Å². The van der Waals surface area contributed by atoms with E-state index in [-0.39, 0.29) is 0 Å². The zero-order valence-corrected chi connectivity index (χ0v) is 9.98. The van der Waals surface area contributed by atoms with E-state index >= 15 is 0 Å². The first-order valence-electron chi connectivity index (χ1n) is 4.75.